The van der Waals surface area contributed by atoms with Crippen LogP contribution >= 0.6 is 0 Å². The van der Waals surface area contributed by atoms with Gasteiger partial charge in [0.1, 0.15) is 17.4 Å². The summed E-state index contributed by atoms with van der Waals surface area (Å²) in [5, 5.41) is 2.54. The number of alkyl halides is 4. The number of hydrogen-bond donors (Lipinski definition) is 1. The summed E-state index contributed by atoms with van der Waals surface area (Å²) in [4.78, 5) is 26.9. The van der Waals surface area contributed by atoms with E-state index in [-0.39, 0.29) is 17.5 Å². The minimum atomic E-state index is -4.95. The maximum atomic E-state index is 14.8. The molecule has 1 aliphatic rings. The quantitative estimate of drug-likeness (QED) is 0.246. The van der Waals surface area contributed by atoms with Gasteiger partial charge < -0.3 is 19.7 Å². The maximum Gasteiger partial charge on any atom is 0.461 e. The van der Waals surface area contributed by atoms with Crippen molar-refractivity contribution in [1.29, 1.82) is 0 Å². The van der Waals surface area contributed by atoms with Crippen LogP contribution in [0.3, 0.4) is 0 Å². The van der Waals surface area contributed by atoms with E-state index in [4.69, 9.17) is 4.74 Å². The van der Waals surface area contributed by atoms with Gasteiger partial charge in [-0.05, 0) is 53.8 Å². The predicted octanol–water partition coefficient (Wildman–Crippen LogP) is 6.63. The van der Waals surface area contributed by atoms with Crippen LogP contribution in [-0.4, -0.2) is 42.7 Å². The number of carbonyl (C=O) groups excluding carboxylic acids is 2. The van der Waals surface area contributed by atoms with E-state index in [0.29, 0.717) is 24.7 Å². The molecule has 1 N–H and O–H groups in total. The molecule has 40 heavy (non-hydrogen) atoms. The van der Waals surface area contributed by atoms with E-state index in [2.05, 4.69) is 10.1 Å². The molecule has 0 aliphatic carbocycles. The first-order chi connectivity index (χ1) is 19.0. The summed E-state index contributed by atoms with van der Waals surface area (Å²) in [6.07, 6.45) is -10.1. The molecule has 0 unspecified atom stereocenters. The number of alkyl carbamates (subject to hydrolysis) is 1. The highest BCUT2D eigenvalue weighted by atomic mass is 19.3. The van der Waals surface area contributed by atoms with Crippen LogP contribution < -0.4 is 10.1 Å². The summed E-state index contributed by atoms with van der Waals surface area (Å²) in [6, 6.07) is 15.2. The van der Waals surface area contributed by atoms with Crippen LogP contribution in [0, 0.1) is 11.6 Å². The van der Waals surface area contributed by atoms with Crippen molar-refractivity contribution in [3.63, 3.8) is 0 Å². The van der Waals surface area contributed by atoms with Crippen molar-refractivity contribution in [2.24, 2.45) is 0 Å². The smallest absolute Gasteiger partial charge is 0.428 e. The van der Waals surface area contributed by atoms with Crippen LogP contribution in [0.1, 0.15) is 29.5 Å². The number of hydrogen-bond acceptors (Lipinski definition) is 4. The molecule has 1 aliphatic heterocycles. The highest BCUT2D eigenvalue weighted by Gasteiger charge is 2.45. The van der Waals surface area contributed by atoms with Crippen molar-refractivity contribution in [3.8, 4) is 5.75 Å². The second-order valence-corrected chi connectivity index (χ2v) is 9.19. The molecule has 1 saturated heterocycles. The van der Waals surface area contributed by atoms with Gasteiger partial charge in [0, 0.05) is 25.6 Å². The molecule has 3 aromatic carbocycles. The Balaban J connectivity index is 1.84. The van der Waals surface area contributed by atoms with Crippen LogP contribution in [0.15, 0.2) is 72.8 Å². The number of ether oxygens (including phenoxy) is 2. The minimum absolute atomic E-state index is 0.139. The largest absolute Gasteiger partial charge is 0.461 e. The Labute approximate surface area is 225 Å². The van der Waals surface area contributed by atoms with Gasteiger partial charge in [0.05, 0.1) is 5.54 Å². The summed E-state index contributed by atoms with van der Waals surface area (Å²) < 4.78 is 91.0. The van der Waals surface area contributed by atoms with E-state index in [0.717, 1.165) is 37.1 Å². The van der Waals surface area contributed by atoms with Crippen LogP contribution in [0.25, 0.3) is 0 Å². The van der Waals surface area contributed by atoms with Gasteiger partial charge in [0.2, 0.25) is 0 Å². The van der Waals surface area contributed by atoms with Gasteiger partial charge in [-0.15, -0.1) is 0 Å². The van der Waals surface area contributed by atoms with Crippen LogP contribution in [-0.2, 0) is 16.7 Å². The van der Waals surface area contributed by atoms with Gasteiger partial charge in [-0.1, -0.05) is 42.5 Å². The Hall–Kier alpha value is -4.22. The molecular weight excluding hydrogens is 542 g/mol. The number of benzene rings is 3. The van der Waals surface area contributed by atoms with Gasteiger partial charge in [0.15, 0.2) is 0 Å². The summed E-state index contributed by atoms with van der Waals surface area (Å²) in [5.41, 5.74) is -1.42. The molecule has 0 bridgehead atoms. The molecule has 1 fully saturated rings. The van der Waals surface area contributed by atoms with Crippen molar-refractivity contribution in [3.05, 3.63) is 101 Å². The number of halogens is 6. The molecular formula is C28H24F6N2O4. The molecule has 0 radical (unpaired) electrons. The number of likely N-dealkylation sites (tertiary alicyclic amines) is 1. The van der Waals surface area contributed by atoms with Crippen LogP contribution in [0.2, 0.25) is 0 Å². The molecule has 4 rings (SSSR count). The summed E-state index contributed by atoms with van der Waals surface area (Å²) in [6.45, 7) is 0.754. The third-order valence-electron chi connectivity index (χ3n) is 6.38. The van der Waals surface area contributed by atoms with Crippen molar-refractivity contribution in [2.75, 3.05) is 13.1 Å². The van der Waals surface area contributed by atoms with Gasteiger partial charge in [0.25, 0.3) is 0 Å². The standard InChI is InChI=1S/C28H24F6N2O4/c29-21-10-8-19(9-11-21)27(17-18-6-2-1-3-7-18,35-25(37)39-26(38)36-12-4-5-13-36)20-14-22(30)16-23(15-20)40-28(33,34)24(31)32/h1-3,6-11,14-16,24H,4-5,12-13,17H2,(H,35,37)/t27-/m1/s1. The van der Waals surface area contributed by atoms with Gasteiger partial charge in [-0.3, -0.25) is 0 Å². The lowest BCUT2D eigenvalue weighted by molar-refractivity contribution is -0.253. The zero-order chi connectivity index (χ0) is 28.9. The van der Waals surface area contributed by atoms with Gasteiger partial charge in [-0.2, -0.15) is 17.6 Å². The van der Waals surface area contributed by atoms with E-state index in [1.54, 1.807) is 30.3 Å². The first kappa shape index (κ1) is 28.8. The fourth-order valence-corrected chi connectivity index (χ4v) is 4.51. The van der Waals surface area contributed by atoms with Crippen molar-refractivity contribution >= 4 is 12.2 Å². The summed E-state index contributed by atoms with van der Waals surface area (Å²) >= 11 is 0. The van der Waals surface area contributed by atoms with Crippen LogP contribution in [0.5, 0.6) is 5.75 Å². The second kappa shape index (κ2) is 11.9. The minimum Gasteiger partial charge on any atom is -0.428 e. The number of amides is 2. The summed E-state index contributed by atoms with van der Waals surface area (Å²) in [5.74, 6) is -2.76. The molecule has 0 saturated carbocycles. The Morgan fingerprint density at radius 2 is 1.52 bits per heavy atom. The SMILES string of the molecule is O=C(N[C@](Cc1ccccc1)(c1ccc(F)cc1)c1cc(F)cc(OC(F)(F)C(F)F)c1)OC(=O)N1CCCC1. The predicted molar refractivity (Wildman–Crippen MR) is 131 cm³/mol. The Kier molecular flexibility index (Phi) is 8.55. The molecule has 6 nitrogen and oxygen atoms in total. The molecule has 2 amide bonds. The lowest BCUT2D eigenvalue weighted by atomic mass is 9.78. The van der Waals surface area contributed by atoms with E-state index >= 15 is 0 Å². The van der Waals surface area contributed by atoms with Crippen molar-refractivity contribution < 1.29 is 45.4 Å². The van der Waals surface area contributed by atoms with E-state index in [9.17, 15) is 35.9 Å². The number of carbonyl (C=O) groups is 2. The molecule has 1 atom stereocenters. The van der Waals surface area contributed by atoms with Crippen molar-refractivity contribution in [2.45, 2.75) is 37.3 Å². The molecule has 212 valence electrons. The number of rotatable bonds is 8. The molecule has 3 aromatic rings. The lowest BCUT2D eigenvalue weighted by Gasteiger charge is -2.36. The second-order valence-electron chi connectivity index (χ2n) is 9.19. The Morgan fingerprint density at radius 1 is 0.875 bits per heavy atom. The number of nitrogens with one attached hydrogen (secondary N) is 1. The highest BCUT2D eigenvalue weighted by molar-refractivity contribution is 5.84. The molecule has 0 spiro atoms. The third-order valence-corrected chi connectivity index (χ3v) is 6.38. The average Bonchev–Trinajstić information content (AvgIpc) is 3.44. The van der Waals surface area contributed by atoms with Gasteiger partial charge >= 0.3 is 24.7 Å². The first-order valence-electron chi connectivity index (χ1n) is 12.2. The monoisotopic (exact) mass is 566 g/mol. The van der Waals surface area contributed by atoms with Gasteiger partial charge in [-0.25, -0.2) is 18.4 Å². The van der Waals surface area contributed by atoms with Crippen LogP contribution in [0.4, 0.5) is 35.9 Å². The normalized spacial score (nSPS) is 15.0. The highest BCUT2D eigenvalue weighted by Crippen LogP contribution is 2.38. The summed E-state index contributed by atoms with van der Waals surface area (Å²) in [7, 11) is 0. The van der Waals surface area contributed by atoms with E-state index in [1.165, 1.54) is 17.0 Å². The molecule has 0 aromatic heterocycles. The fourth-order valence-electron chi connectivity index (χ4n) is 4.51. The van der Waals surface area contributed by atoms with Crippen molar-refractivity contribution in [1.82, 2.24) is 10.2 Å². The zero-order valence-electron chi connectivity index (χ0n) is 20.9. The Bertz CT molecular complexity index is 1330. The Morgan fingerprint density at radius 3 is 2.15 bits per heavy atom. The zero-order valence-corrected chi connectivity index (χ0v) is 20.9. The lowest BCUT2D eigenvalue weighted by Crippen LogP contribution is -2.50. The average molecular weight is 566 g/mol. The topological polar surface area (TPSA) is 67.9 Å². The van der Waals surface area contributed by atoms with E-state index < -0.39 is 47.6 Å². The third kappa shape index (κ3) is 6.67. The molecule has 1 heterocycles. The maximum absolute atomic E-state index is 14.8. The molecule has 12 heteroatoms. The number of nitrogens with zero attached hydrogens (tertiary/aromatic N) is 1. The first-order valence-corrected chi connectivity index (χ1v) is 12.2. The fraction of sp³-hybridized carbons (Fsp3) is 0.286. The van der Waals surface area contributed by atoms with E-state index in [1.807, 2.05) is 0 Å².